The van der Waals surface area contributed by atoms with E-state index in [1.165, 1.54) is 0 Å². The molecular weight excluding hydrogens is 270 g/mol. The molecule has 0 aliphatic heterocycles. The smallest absolute Gasteiger partial charge is 0.147 e. The highest BCUT2D eigenvalue weighted by Crippen LogP contribution is 2.13. The van der Waals surface area contributed by atoms with Crippen LogP contribution < -0.4 is 10.2 Å². The lowest BCUT2D eigenvalue weighted by atomic mass is 10.4. The summed E-state index contributed by atoms with van der Waals surface area (Å²) in [6.07, 6.45) is 4.78. The molecule has 2 aromatic heterocycles. The third-order valence-electron chi connectivity index (χ3n) is 2.88. The van der Waals surface area contributed by atoms with Gasteiger partial charge in [-0.2, -0.15) is 0 Å². The Morgan fingerprint density at radius 2 is 2.10 bits per heavy atom. The molecule has 0 amide bonds. The maximum atomic E-state index is 4.46. The fraction of sp³-hybridized carbons (Fsp3) is 0.500. The van der Waals surface area contributed by atoms with Crippen molar-refractivity contribution in [3.63, 3.8) is 0 Å². The van der Waals surface area contributed by atoms with Crippen LogP contribution in [0.3, 0.4) is 0 Å². The maximum Gasteiger partial charge on any atom is 0.147 e. The minimum absolute atomic E-state index is 0.756. The molecule has 20 heavy (non-hydrogen) atoms. The molecule has 2 rings (SSSR count). The summed E-state index contributed by atoms with van der Waals surface area (Å²) in [5.41, 5.74) is 2.05. The molecule has 0 saturated carbocycles. The quantitative estimate of drug-likeness (QED) is 0.794. The molecule has 5 nitrogen and oxygen atoms in total. The van der Waals surface area contributed by atoms with E-state index < -0.39 is 0 Å². The largest absolute Gasteiger partial charge is 0.352 e. The second kappa shape index (κ2) is 7.31. The summed E-state index contributed by atoms with van der Waals surface area (Å²) in [4.78, 5) is 15.4. The van der Waals surface area contributed by atoms with Gasteiger partial charge in [0.1, 0.15) is 5.82 Å². The number of nitrogens with one attached hydrogen (secondary N) is 1. The molecule has 0 aromatic carbocycles. The van der Waals surface area contributed by atoms with Crippen molar-refractivity contribution in [2.24, 2.45) is 0 Å². The number of hydrogen-bond donors (Lipinski definition) is 1. The standard InChI is InChI=1S/C14H21N5S/c1-4-5-15-6-12-7-17-14(8-16-12)19(3)9-13-10-20-11(2)18-13/h7-8,10,15H,4-6,9H2,1-3H3. The van der Waals surface area contributed by atoms with Gasteiger partial charge in [0.25, 0.3) is 0 Å². The lowest BCUT2D eigenvalue weighted by Crippen LogP contribution is -2.19. The van der Waals surface area contributed by atoms with E-state index in [9.17, 15) is 0 Å². The molecule has 0 saturated heterocycles. The van der Waals surface area contributed by atoms with Gasteiger partial charge in [-0.25, -0.2) is 9.97 Å². The second-order valence-corrected chi connectivity index (χ2v) is 5.82. The SMILES string of the molecule is CCCNCc1cnc(N(C)Cc2csc(C)n2)cn1. The molecule has 0 aliphatic rings. The first-order chi connectivity index (χ1) is 9.69. The molecule has 2 heterocycles. The van der Waals surface area contributed by atoms with Gasteiger partial charge in [0.05, 0.1) is 35.3 Å². The number of anilines is 1. The first-order valence-corrected chi connectivity index (χ1v) is 7.70. The van der Waals surface area contributed by atoms with Crippen LogP contribution in [0.2, 0.25) is 0 Å². The van der Waals surface area contributed by atoms with Gasteiger partial charge in [0.15, 0.2) is 0 Å². The first-order valence-electron chi connectivity index (χ1n) is 6.83. The number of aromatic nitrogens is 3. The topological polar surface area (TPSA) is 53.9 Å². The normalized spacial score (nSPS) is 10.8. The molecule has 6 heteroatoms. The lowest BCUT2D eigenvalue weighted by molar-refractivity contribution is 0.661. The summed E-state index contributed by atoms with van der Waals surface area (Å²) in [5, 5.41) is 6.50. The summed E-state index contributed by atoms with van der Waals surface area (Å²) in [6, 6.07) is 0. The van der Waals surface area contributed by atoms with Crippen LogP contribution in [-0.2, 0) is 13.1 Å². The van der Waals surface area contributed by atoms with E-state index in [4.69, 9.17) is 0 Å². The zero-order valence-corrected chi connectivity index (χ0v) is 13.1. The van der Waals surface area contributed by atoms with E-state index in [-0.39, 0.29) is 0 Å². The number of hydrogen-bond acceptors (Lipinski definition) is 6. The Morgan fingerprint density at radius 3 is 2.70 bits per heavy atom. The highest BCUT2D eigenvalue weighted by Gasteiger charge is 2.06. The second-order valence-electron chi connectivity index (χ2n) is 4.76. The third-order valence-corrected chi connectivity index (χ3v) is 3.70. The van der Waals surface area contributed by atoms with Crippen LogP contribution in [0.25, 0.3) is 0 Å². The Morgan fingerprint density at radius 1 is 1.25 bits per heavy atom. The van der Waals surface area contributed by atoms with E-state index in [1.807, 2.05) is 26.4 Å². The molecule has 0 bridgehead atoms. The number of aryl methyl sites for hydroxylation is 1. The predicted molar refractivity (Wildman–Crippen MR) is 83.0 cm³/mol. The van der Waals surface area contributed by atoms with E-state index in [0.29, 0.717) is 0 Å². The summed E-state index contributed by atoms with van der Waals surface area (Å²) in [5.74, 6) is 0.870. The van der Waals surface area contributed by atoms with Gasteiger partial charge in [-0.05, 0) is 19.9 Å². The van der Waals surface area contributed by atoms with Crippen molar-refractivity contribution in [1.29, 1.82) is 0 Å². The van der Waals surface area contributed by atoms with E-state index in [2.05, 4.69) is 37.5 Å². The van der Waals surface area contributed by atoms with Gasteiger partial charge in [-0.1, -0.05) is 6.92 Å². The van der Waals surface area contributed by atoms with Crippen LogP contribution in [-0.4, -0.2) is 28.5 Å². The number of nitrogens with zero attached hydrogens (tertiary/aromatic N) is 4. The Labute approximate surface area is 124 Å². The Bertz CT molecular complexity index is 523. The van der Waals surface area contributed by atoms with E-state index in [1.54, 1.807) is 11.3 Å². The monoisotopic (exact) mass is 291 g/mol. The first kappa shape index (κ1) is 14.9. The fourth-order valence-electron chi connectivity index (χ4n) is 1.83. The highest BCUT2D eigenvalue weighted by molar-refractivity contribution is 7.09. The van der Waals surface area contributed by atoms with Crippen molar-refractivity contribution in [1.82, 2.24) is 20.3 Å². The van der Waals surface area contributed by atoms with Gasteiger partial charge in [-0.15, -0.1) is 11.3 Å². The lowest BCUT2D eigenvalue weighted by Gasteiger charge is -2.16. The van der Waals surface area contributed by atoms with Crippen LogP contribution in [0.4, 0.5) is 5.82 Å². The van der Waals surface area contributed by atoms with Crippen molar-refractivity contribution in [3.8, 4) is 0 Å². The van der Waals surface area contributed by atoms with Gasteiger partial charge >= 0.3 is 0 Å². The van der Waals surface area contributed by atoms with Crippen molar-refractivity contribution in [3.05, 3.63) is 34.2 Å². The van der Waals surface area contributed by atoms with Crippen molar-refractivity contribution < 1.29 is 0 Å². The molecule has 0 radical (unpaired) electrons. The molecule has 1 N–H and O–H groups in total. The summed E-state index contributed by atoms with van der Waals surface area (Å²) in [7, 11) is 2.01. The van der Waals surface area contributed by atoms with Crippen LogP contribution in [0, 0.1) is 6.92 Å². The van der Waals surface area contributed by atoms with Gasteiger partial charge in [0.2, 0.25) is 0 Å². The highest BCUT2D eigenvalue weighted by atomic mass is 32.1. The summed E-state index contributed by atoms with van der Waals surface area (Å²) in [6.45, 7) is 6.71. The molecular formula is C14H21N5S. The number of rotatable bonds is 7. The zero-order valence-electron chi connectivity index (χ0n) is 12.3. The van der Waals surface area contributed by atoms with Crippen molar-refractivity contribution in [2.75, 3.05) is 18.5 Å². The number of thiazole rings is 1. The molecule has 0 unspecified atom stereocenters. The average Bonchev–Trinajstić information content (AvgIpc) is 2.85. The Balaban J connectivity index is 1.91. The predicted octanol–water partition coefficient (Wildman–Crippen LogP) is 2.38. The Kier molecular flexibility index (Phi) is 5.43. The van der Waals surface area contributed by atoms with Crippen LogP contribution in [0.1, 0.15) is 29.7 Å². The van der Waals surface area contributed by atoms with E-state index >= 15 is 0 Å². The molecule has 0 spiro atoms. The average molecular weight is 291 g/mol. The summed E-state index contributed by atoms with van der Waals surface area (Å²) >= 11 is 1.67. The van der Waals surface area contributed by atoms with Gasteiger partial charge in [0, 0.05) is 19.0 Å². The molecule has 2 aromatic rings. The Hall–Kier alpha value is -1.53. The van der Waals surface area contributed by atoms with Crippen LogP contribution >= 0.6 is 11.3 Å². The minimum Gasteiger partial charge on any atom is -0.352 e. The fourth-order valence-corrected chi connectivity index (χ4v) is 2.44. The third kappa shape index (κ3) is 4.25. The van der Waals surface area contributed by atoms with Gasteiger partial charge < -0.3 is 10.2 Å². The molecule has 0 atom stereocenters. The van der Waals surface area contributed by atoms with Crippen molar-refractivity contribution >= 4 is 17.2 Å². The minimum atomic E-state index is 0.756. The molecule has 0 aliphatic carbocycles. The summed E-state index contributed by atoms with van der Waals surface area (Å²) < 4.78 is 0. The van der Waals surface area contributed by atoms with Crippen LogP contribution in [0.15, 0.2) is 17.8 Å². The van der Waals surface area contributed by atoms with E-state index in [0.717, 1.165) is 48.3 Å². The zero-order chi connectivity index (χ0) is 14.4. The van der Waals surface area contributed by atoms with Crippen LogP contribution in [0.5, 0.6) is 0 Å². The van der Waals surface area contributed by atoms with Crippen molar-refractivity contribution in [2.45, 2.75) is 33.4 Å². The van der Waals surface area contributed by atoms with Gasteiger partial charge in [-0.3, -0.25) is 4.98 Å². The molecule has 108 valence electrons. The molecule has 0 fully saturated rings. The maximum absolute atomic E-state index is 4.46.